The third-order valence-electron chi connectivity index (χ3n) is 6.95. The van der Waals surface area contributed by atoms with E-state index in [0.29, 0.717) is 16.8 Å². The van der Waals surface area contributed by atoms with Crippen LogP contribution in [0.3, 0.4) is 0 Å². The van der Waals surface area contributed by atoms with Crippen molar-refractivity contribution in [1.29, 1.82) is 0 Å². The number of aromatic nitrogens is 1. The highest BCUT2D eigenvalue weighted by atomic mass is 79.9. The second-order valence-electron chi connectivity index (χ2n) is 9.53. The van der Waals surface area contributed by atoms with E-state index < -0.39 is 16.1 Å². The van der Waals surface area contributed by atoms with Gasteiger partial charge in [0.15, 0.2) is 0 Å². The highest BCUT2D eigenvalue weighted by Gasteiger charge is 2.39. The lowest BCUT2D eigenvalue weighted by Crippen LogP contribution is -2.27. The molecule has 6 nitrogen and oxygen atoms in total. The average molecular weight is 599 g/mol. The van der Waals surface area contributed by atoms with Crippen molar-refractivity contribution in [2.45, 2.75) is 24.3 Å². The number of pyridine rings is 1. The smallest absolute Gasteiger partial charge is 0.279 e. The monoisotopic (exact) mass is 597 g/mol. The summed E-state index contributed by atoms with van der Waals surface area (Å²) in [6.45, 7) is 1.91. The van der Waals surface area contributed by atoms with Crippen molar-refractivity contribution >= 4 is 42.6 Å². The van der Waals surface area contributed by atoms with E-state index >= 15 is 0 Å². The number of rotatable bonds is 5. The molecule has 0 aliphatic carbocycles. The fraction of sp³-hybridized carbons (Fsp3) is 0.0968. The zero-order chi connectivity index (χ0) is 27.1. The standard InChI is InChI=1S/C31H24BrN3O3S/c1-20-12-15-24(16-13-20)39(37,38)35-28(21-8-4-2-5-9-21)19-27(34-35)30-29(22-10-6-3-7-11-22)25-18-23(32)14-17-26(25)33-31(30)36/h2-18,28H,19H2,1H3,(H,33,36). The molecule has 2 heterocycles. The molecule has 0 bridgehead atoms. The van der Waals surface area contributed by atoms with E-state index in [-0.39, 0.29) is 16.9 Å². The third-order valence-corrected chi connectivity index (χ3v) is 9.14. The number of hydrogen-bond donors (Lipinski definition) is 1. The number of halogens is 1. The van der Waals surface area contributed by atoms with Gasteiger partial charge in [0.05, 0.1) is 22.2 Å². The van der Waals surface area contributed by atoms with E-state index in [4.69, 9.17) is 5.10 Å². The van der Waals surface area contributed by atoms with Gasteiger partial charge in [-0.05, 0) is 48.4 Å². The molecule has 0 spiro atoms. The predicted molar refractivity (Wildman–Crippen MR) is 158 cm³/mol. The van der Waals surface area contributed by atoms with Crippen LogP contribution in [0.5, 0.6) is 0 Å². The molecule has 194 valence electrons. The first kappa shape index (κ1) is 25.3. The van der Waals surface area contributed by atoms with Gasteiger partial charge in [-0.15, -0.1) is 0 Å². The highest BCUT2D eigenvalue weighted by molar-refractivity contribution is 9.10. The number of hydrogen-bond acceptors (Lipinski definition) is 4. The Bertz CT molecular complexity index is 1890. The molecule has 1 aliphatic rings. The summed E-state index contributed by atoms with van der Waals surface area (Å²) in [6.07, 6.45) is 0.248. The molecule has 0 fully saturated rings. The Balaban J connectivity index is 1.60. The van der Waals surface area contributed by atoms with Crippen LogP contribution in [0.1, 0.15) is 29.2 Å². The Hall–Kier alpha value is -4.01. The quantitative estimate of drug-likeness (QED) is 0.242. The molecule has 1 aromatic heterocycles. The lowest BCUT2D eigenvalue weighted by atomic mass is 9.91. The number of aryl methyl sites for hydroxylation is 1. The zero-order valence-corrected chi connectivity index (χ0v) is 23.4. The minimum atomic E-state index is -4.01. The second kappa shape index (κ2) is 9.94. The molecule has 4 aromatic carbocycles. The second-order valence-corrected chi connectivity index (χ2v) is 12.2. The lowest BCUT2D eigenvalue weighted by molar-refractivity contribution is 0.371. The Morgan fingerprint density at radius 2 is 1.54 bits per heavy atom. The minimum absolute atomic E-state index is 0.152. The Kier molecular flexibility index (Phi) is 6.45. The number of H-pyrrole nitrogens is 1. The van der Waals surface area contributed by atoms with Crippen molar-refractivity contribution in [1.82, 2.24) is 9.40 Å². The van der Waals surface area contributed by atoms with Crippen LogP contribution in [0.2, 0.25) is 0 Å². The maximum absolute atomic E-state index is 13.9. The van der Waals surface area contributed by atoms with E-state index in [9.17, 15) is 13.2 Å². The lowest BCUT2D eigenvalue weighted by Gasteiger charge is -2.23. The number of fused-ring (bicyclic) bond motifs is 1. The van der Waals surface area contributed by atoms with Gasteiger partial charge in [0, 0.05) is 27.4 Å². The van der Waals surface area contributed by atoms with Gasteiger partial charge < -0.3 is 4.98 Å². The van der Waals surface area contributed by atoms with Gasteiger partial charge >= 0.3 is 0 Å². The van der Waals surface area contributed by atoms with Crippen LogP contribution in [0.15, 0.2) is 122 Å². The zero-order valence-electron chi connectivity index (χ0n) is 21.0. The molecular weight excluding hydrogens is 574 g/mol. The molecule has 39 heavy (non-hydrogen) atoms. The summed E-state index contributed by atoms with van der Waals surface area (Å²) in [7, 11) is -4.01. The molecule has 1 unspecified atom stereocenters. The summed E-state index contributed by atoms with van der Waals surface area (Å²) in [5, 5.41) is 5.53. The topological polar surface area (TPSA) is 82.6 Å². The van der Waals surface area contributed by atoms with Gasteiger partial charge in [-0.2, -0.15) is 17.9 Å². The molecule has 0 amide bonds. The molecule has 5 aromatic rings. The van der Waals surface area contributed by atoms with Crippen LogP contribution in [0, 0.1) is 6.92 Å². The number of nitrogens with zero attached hydrogens (tertiary/aromatic N) is 2. The third kappa shape index (κ3) is 4.60. The van der Waals surface area contributed by atoms with E-state index in [2.05, 4.69) is 20.9 Å². The SMILES string of the molecule is Cc1ccc(S(=O)(=O)N2N=C(c3c(-c4ccccc4)c4cc(Br)ccc4[nH]c3=O)CC2c2ccccc2)cc1. The summed E-state index contributed by atoms with van der Waals surface area (Å²) >= 11 is 3.56. The number of nitrogens with one attached hydrogen (secondary N) is 1. The van der Waals surface area contributed by atoms with Gasteiger partial charge in [0.25, 0.3) is 15.6 Å². The van der Waals surface area contributed by atoms with Gasteiger partial charge in [-0.3, -0.25) is 4.79 Å². The number of sulfonamides is 1. The van der Waals surface area contributed by atoms with Crippen LogP contribution in [0.25, 0.3) is 22.0 Å². The van der Waals surface area contributed by atoms with Crippen LogP contribution >= 0.6 is 15.9 Å². The summed E-state index contributed by atoms with van der Waals surface area (Å²) in [5.74, 6) is 0. The molecule has 1 aliphatic heterocycles. The van der Waals surface area contributed by atoms with E-state index in [1.54, 1.807) is 24.3 Å². The number of hydrazone groups is 1. The number of benzene rings is 4. The normalized spacial score (nSPS) is 15.5. The van der Waals surface area contributed by atoms with E-state index in [0.717, 1.165) is 32.1 Å². The Labute approximate surface area is 234 Å². The summed E-state index contributed by atoms with van der Waals surface area (Å²) in [4.78, 5) is 16.8. The predicted octanol–water partition coefficient (Wildman–Crippen LogP) is 6.81. The van der Waals surface area contributed by atoms with Crippen molar-refractivity contribution in [3.8, 4) is 11.1 Å². The molecule has 0 radical (unpaired) electrons. The highest BCUT2D eigenvalue weighted by Crippen LogP contribution is 2.40. The van der Waals surface area contributed by atoms with Crippen molar-refractivity contribution in [3.63, 3.8) is 0 Å². The van der Waals surface area contributed by atoms with Crippen LogP contribution in [-0.2, 0) is 10.0 Å². The molecule has 0 saturated carbocycles. The first-order chi connectivity index (χ1) is 18.8. The van der Waals surface area contributed by atoms with Gasteiger partial charge in [0.1, 0.15) is 0 Å². The summed E-state index contributed by atoms with van der Waals surface area (Å²) in [5.41, 5.74) is 4.48. The number of aromatic amines is 1. The van der Waals surface area contributed by atoms with Crippen LogP contribution < -0.4 is 5.56 Å². The molecular formula is C31H24BrN3O3S. The van der Waals surface area contributed by atoms with Gasteiger partial charge in [-0.1, -0.05) is 94.3 Å². The van der Waals surface area contributed by atoms with Crippen molar-refractivity contribution in [2.24, 2.45) is 5.10 Å². The van der Waals surface area contributed by atoms with Crippen molar-refractivity contribution in [3.05, 3.63) is 135 Å². The summed E-state index contributed by atoms with van der Waals surface area (Å²) < 4.78 is 29.9. The molecule has 1 N–H and O–H groups in total. The van der Waals surface area contributed by atoms with Crippen molar-refractivity contribution < 1.29 is 8.42 Å². The first-order valence-corrected chi connectivity index (χ1v) is 14.7. The van der Waals surface area contributed by atoms with E-state index in [1.807, 2.05) is 85.8 Å². The van der Waals surface area contributed by atoms with Crippen molar-refractivity contribution in [2.75, 3.05) is 0 Å². The Morgan fingerprint density at radius 1 is 0.872 bits per heavy atom. The Morgan fingerprint density at radius 3 is 2.23 bits per heavy atom. The fourth-order valence-corrected chi connectivity index (χ4v) is 6.84. The average Bonchev–Trinajstić information content (AvgIpc) is 3.40. The maximum atomic E-state index is 13.9. The summed E-state index contributed by atoms with van der Waals surface area (Å²) in [6, 6.07) is 30.9. The largest absolute Gasteiger partial charge is 0.321 e. The van der Waals surface area contributed by atoms with E-state index in [1.165, 1.54) is 4.41 Å². The first-order valence-electron chi connectivity index (χ1n) is 12.5. The minimum Gasteiger partial charge on any atom is -0.321 e. The molecule has 1 atom stereocenters. The maximum Gasteiger partial charge on any atom is 0.279 e. The molecule has 6 rings (SSSR count). The van der Waals surface area contributed by atoms with Crippen LogP contribution in [-0.4, -0.2) is 23.5 Å². The molecule has 0 saturated heterocycles. The molecule has 8 heteroatoms. The van der Waals surface area contributed by atoms with Gasteiger partial charge in [0.2, 0.25) is 0 Å². The fourth-order valence-electron chi connectivity index (χ4n) is 5.05. The van der Waals surface area contributed by atoms with Gasteiger partial charge in [-0.25, -0.2) is 0 Å². The van der Waals surface area contributed by atoms with Crippen LogP contribution in [0.4, 0.5) is 0 Å².